The molecule has 1 N–H and O–H groups in total. The van der Waals surface area contributed by atoms with Crippen molar-refractivity contribution in [2.75, 3.05) is 14.2 Å². The minimum absolute atomic E-state index is 0.246. The molecule has 0 amide bonds. The van der Waals surface area contributed by atoms with Gasteiger partial charge < -0.3 is 9.47 Å². The number of nitrogens with zero attached hydrogens (tertiary/aromatic N) is 2. The number of nitrogens with one attached hydrogen (secondary N) is 1. The van der Waals surface area contributed by atoms with Crippen LogP contribution in [0, 0.1) is 22.2 Å². The molecule has 0 aromatic heterocycles. The second kappa shape index (κ2) is 7.93. The van der Waals surface area contributed by atoms with Crippen molar-refractivity contribution < 1.29 is 19.1 Å². The number of para-hydroxylation sites is 2. The Kier molecular flexibility index (Phi) is 5.40. The predicted molar refractivity (Wildman–Crippen MR) is 107 cm³/mol. The van der Waals surface area contributed by atoms with Crippen LogP contribution in [0.25, 0.3) is 11.1 Å². The Bertz CT molecular complexity index is 1060. The van der Waals surface area contributed by atoms with E-state index in [2.05, 4.69) is 0 Å². The minimum atomic E-state index is -2.12. The summed E-state index contributed by atoms with van der Waals surface area (Å²) in [6.45, 7) is 0. The number of carbonyl (C=O) groups excluding carboxylic acids is 2. The minimum Gasteiger partial charge on any atom is -0.468 e. The number of esters is 2. The third kappa shape index (κ3) is 3.02. The van der Waals surface area contributed by atoms with Gasteiger partial charge in [0.25, 0.3) is 0 Å². The largest absolute Gasteiger partial charge is 0.468 e. The van der Waals surface area contributed by atoms with Crippen LogP contribution in [0.2, 0.25) is 0 Å². The maximum Gasteiger partial charge on any atom is 0.329 e. The molecule has 0 bridgehead atoms. The number of carbonyl (C=O) groups is 2. The van der Waals surface area contributed by atoms with Crippen LogP contribution >= 0.6 is 0 Å². The van der Waals surface area contributed by atoms with Crippen molar-refractivity contribution in [3.05, 3.63) is 54.1 Å². The van der Waals surface area contributed by atoms with E-state index in [4.69, 9.17) is 14.9 Å². The van der Waals surface area contributed by atoms with Gasteiger partial charge in [-0.3, -0.25) is 15.0 Å². The van der Waals surface area contributed by atoms with Crippen LogP contribution in [0.15, 0.2) is 54.1 Å². The summed E-state index contributed by atoms with van der Waals surface area (Å²) in [6, 6.07) is 17.1. The van der Waals surface area contributed by atoms with Gasteiger partial charge >= 0.3 is 11.9 Å². The fraction of sp³-hybridized carbons (Fsp3) is 0.182. The molecular weight excluding hydrogens is 370 g/mol. The van der Waals surface area contributed by atoms with Crippen molar-refractivity contribution in [2.45, 2.75) is 6.42 Å². The van der Waals surface area contributed by atoms with Crippen molar-refractivity contribution in [3.8, 4) is 17.2 Å². The lowest BCUT2D eigenvalue weighted by Crippen LogP contribution is -2.44. The van der Waals surface area contributed by atoms with Gasteiger partial charge in [-0.05, 0) is 18.0 Å². The van der Waals surface area contributed by atoms with Crippen LogP contribution < -0.4 is 4.58 Å². The summed E-state index contributed by atoms with van der Waals surface area (Å²) in [5, 5.41) is 16.9. The molecule has 0 spiro atoms. The third-order valence-electron chi connectivity index (χ3n) is 4.93. The Labute approximate surface area is 167 Å². The SMILES string of the molecule is COC(=O)C(CC=[N+]1c2ccccc2-c2ccccc21)(C(=O)OC)C(=C=N)C#N. The quantitative estimate of drug-likeness (QED) is 0.238. The van der Waals surface area contributed by atoms with Gasteiger partial charge in [0, 0.05) is 12.1 Å². The zero-order chi connectivity index (χ0) is 21.0. The van der Waals surface area contributed by atoms with E-state index in [0.717, 1.165) is 36.7 Å². The highest BCUT2D eigenvalue weighted by atomic mass is 16.5. The molecule has 2 aromatic rings. The summed E-state index contributed by atoms with van der Waals surface area (Å²) in [6.07, 6.45) is 1.39. The molecule has 1 aliphatic heterocycles. The average molecular weight is 388 g/mol. The van der Waals surface area contributed by atoms with Gasteiger partial charge in [0.15, 0.2) is 6.21 Å². The van der Waals surface area contributed by atoms with E-state index in [-0.39, 0.29) is 6.42 Å². The molecule has 0 atom stereocenters. The van der Waals surface area contributed by atoms with Crippen molar-refractivity contribution in [1.29, 1.82) is 10.7 Å². The van der Waals surface area contributed by atoms with Crippen LogP contribution in [0.4, 0.5) is 11.4 Å². The van der Waals surface area contributed by atoms with Gasteiger partial charge in [0.1, 0.15) is 11.6 Å². The van der Waals surface area contributed by atoms with Gasteiger partial charge in [-0.2, -0.15) is 9.84 Å². The van der Waals surface area contributed by atoms with Crippen LogP contribution in [-0.2, 0) is 19.1 Å². The van der Waals surface area contributed by atoms with Crippen molar-refractivity contribution in [3.63, 3.8) is 0 Å². The van der Waals surface area contributed by atoms with Gasteiger partial charge in [-0.25, -0.2) is 0 Å². The van der Waals surface area contributed by atoms with Crippen LogP contribution in [0.3, 0.4) is 0 Å². The summed E-state index contributed by atoms with van der Waals surface area (Å²) < 4.78 is 11.5. The summed E-state index contributed by atoms with van der Waals surface area (Å²) in [5.41, 5.74) is 1.15. The molecule has 7 heteroatoms. The normalized spacial score (nSPS) is 11.4. The number of nitriles is 1. The standard InChI is InChI=1S/C22H18N3O4/c1-28-20(26)22(21(27)29-2,15(13-23)14-24)11-12-25-18-9-5-3-7-16(18)17-8-4-6-10-19(17)25/h3-10,12,23H,11H2,1-2H3/q+1. The van der Waals surface area contributed by atoms with Gasteiger partial charge in [0.05, 0.1) is 31.8 Å². The second-order valence-corrected chi connectivity index (χ2v) is 6.29. The second-order valence-electron chi connectivity index (χ2n) is 6.29. The number of ether oxygens (including phenoxy) is 2. The molecule has 2 aromatic carbocycles. The van der Waals surface area contributed by atoms with E-state index < -0.39 is 22.9 Å². The molecular formula is C22H18N3O4+. The van der Waals surface area contributed by atoms with Gasteiger partial charge in [-0.15, -0.1) is 0 Å². The maximum absolute atomic E-state index is 12.6. The molecule has 0 aliphatic carbocycles. The topological polar surface area (TPSA) is 103 Å². The van der Waals surface area contributed by atoms with E-state index in [9.17, 15) is 14.9 Å². The summed E-state index contributed by atoms with van der Waals surface area (Å²) in [7, 11) is 2.22. The lowest BCUT2D eigenvalue weighted by Gasteiger charge is -2.23. The first-order chi connectivity index (χ1) is 14.0. The molecule has 0 radical (unpaired) electrons. The van der Waals surface area contributed by atoms with Crippen LogP contribution in [0.1, 0.15) is 6.42 Å². The Hall–Kier alpha value is -4.01. The Morgan fingerprint density at radius 1 is 1.03 bits per heavy atom. The number of rotatable bonds is 5. The lowest BCUT2D eigenvalue weighted by atomic mass is 9.78. The molecule has 29 heavy (non-hydrogen) atoms. The first kappa shape index (κ1) is 19.7. The van der Waals surface area contributed by atoms with E-state index in [0.29, 0.717) is 0 Å². The number of benzene rings is 2. The number of hydrogen-bond donors (Lipinski definition) is 1. The fourth-order valence-electron chi connectivity index (χ4n) is 3.51. The Balaban J connectivity index is 2.21. The smallest absolute Gasteiger partial charge is 0.329 e. The number of fused-ring (bicyclic) bond motifs is 3. The van der Waals surface area contributed by atoms with E-state index in [1.54, 1.807) is 12.3 Å². The molecule has 0 saturated heterocycles. The molecule has 1 aliphatic rings. The molecule has 7 nitrogen and oxygen atoms in total. The molecule has 0 fully saturated rings. The van der Waals surface area contributed by atoms with Crippen molar-refractivity contribution in [2.24, 2.45) is 5.41 Å². The number of hydrogen-bond acceptors (Lipinski definition) is 6. The Morgan fingerprint density at radius 3 is 1.93 bits per heavy atom. The number of methoxy groups -OCH3 is 2. The first-order valence-corrected chi connectivity index (χ1v) is 8.73. The van der Waals surface area contributed by atoms with Crippen molar-refractivity contribution >= 4 is 35.4 Å². The lowest BCUT2D eigenvalue weighted by molar-refractivity contribution is -0.165. The third-order valence-corrected chi connectivity index (χ3v) is 4.93. The zero-order valence-electron chi connectivity index (χ0n) is 15.9. The highest BCUT2D eigenvalue weighted by Crippen LogP contribution is 2.44. The summed E-state index contributed by atoms with van der Waals surface area (Å²) in [5.74, 6) is -0.0744. The van der Waals surface area contributed by atoms with Gasteiger partial charge in [-0.1, -0.05) is 24.3 Å². The summed E-state index contributed by atoms with van der Waals surface area (Å²) >= 11 is 0. The summed E-state index contributed by atoms with van der Waals surface area (Å²) in [4.78, 5) is 25.3. The first-order valence-electron chi connectivity index (χ1n) is 8.73. The van der Waals surface area contributed by atoms with E-state index in [1.165, 1.54) is 0 Å². The Morgan fingerprint density at radius 2 is 1.52 bits per heavy atom. The zero-order valence-corrected chi connectivity index (χ0v) is 15.9. The molecule has 1 heterocycles. The highest BCUT2D eigenvalue weighted by molar-refractivity contribution is 6.09. The molecule has 144 valence electrons. The van der Waals surface area contributed by atoms with Crippen LogP contribution in [0.5, 0.6) is 0 Å². The van der Waals surface area contributed by atoms with E-state index >= 15 is 0 Å². The molecule has 0 saturated carbocycles. The fourth-order valence-corrected chi connectivity index (χ4v) is 3.51. The monoisotopic (exact) mass is 388 g/mol. The predicted octanol–water partition coefficient (Wildman–Crippen LogP) is 2.99. The van der Waals surface area contributed by atoms with E-state index in [1.807, 2.05) is 59.0 Å². The van der Waals surface area contributed by atoms with Gasteiger partial charge in [0.2, 0.25) is 16.8 Å². The maximum atomic E-state index is 12.6. The average Bonchev–Trinajstić information content (AvgIpc) is 3.09. The molecule has 0 unspecified atom stereocenters. The van der Waals surface area contributed by atoms with Crippen molar-refractivity contribution in [1.82, 2.24) is 4.58 Å². The van der Waals surface area contributed by atoms with Crippen LogP contribution in [-0.4, -0.2) is 38.2 Å². The molecule has 3 rings (SSSR count). The highest BCUT2D eigenvalue weighted by Gasteiger charge is 2.53.